The highest BCUT2D eigenvalue weighted by Crippen LogP contribution is 2.34. The zero-order valence-corrected chi connectivity index (χ0v) is 14.6. The first-order valence-corrected chi connectivity index (χ1v) is 9.61. The first-order valence-electron chi connectivity index (χ1n) is 7.91. The van der Waals surface area contributed by atoms with Gasteiger partial charge in [-0.25, -0.2) is 4.98 Å². The lowest BCUT2D eigenvalue weighted by atomic mass is 9.97. The summed E-state index contributed by atoms with van der Waals surface area (Å²) in [7, 11) is 0. The lowest BCUT2D eigenvalue weighted by molar-refractivity contribution is 0.0717. The van der Waals surface area contributed by atoms with E-state index < -0.39 is 0 Å². The maximum absolute atomic E-state index is 12.6. The Hall–Kier alpha value is -1.72. The maximum atomic E-state index is 12.6. The van der Waals surface area contributed by atoms with E-state index in [1.165, 1.54) is 9.71 Å². The molecule has 1 saturated heterocycles. The Balaban J connectivity index is 1.46. The molecule has 1 fully saturated rings. The summed E-state index contributed by atoms with van der Waals surface area (Å²) < 4.78 is 1.26. The molecular weight excluding hydrogens is 324 g/mol. The third kappa shape index (κ3) is 2.79. The normalized spacial score (nSPS) is 16.1. The van der Waals surface area contributed by atoms with E-state index in [2.05, 4.69) is 18.2 Å². The summed E-state index contributed by atoms with van der Waals surface area (Å²) in [5, 5.41) is 3.22. The summed E-state index contributed by atoms with van der Waals surface area (Å²) in [6.45, 7) is 3.67. The molecule has 3 nitrogen and oxygen atoms in total. The molecule has 0 saturated carbocycles. The molecule has 3 aromatic rings. The van der Waals surface area contributed by atoms with Gasteiger partial charge in [0.25, 0.3) is 5.91 Å². The van der Waals surface area contributed by atoms with E-state index in [1.807, 2.05) is 29.3 Å². The predicted molar refractivity (Wildman–Crippen MR) is 96.6 cm³/mol. The van der Waals surface area contributed by atoms with Gasteiger partial charge in [-0.2, -0.15) is 0 Å². The van der Waals surface area contributed by atoms with Crippen molar-refractivity contribution in [3.8, 4) is 0 Å². The van der Waals surface area contributed by atoms with Gasteiger partial charge in [-0.15, -0.1) is 22.7 Å². The molecule has 1 aliphatic rings. The van der Waals surface area contributed by atoms with Gasteiger partial charge in [-0.1, -0.05) is 12.1 Å². The van der Waals surface area contributed by atoms with Crippen LogP contribution in [-0.2, 0) is 0 Å². The fourth-order valence-electron chi connectivity index (χ4n) is 3.13. The standard InChI is InChI=1S/C18H18N2OS2/c1-12-8-11-22-16(12)18(21)20-9-6-13(7-10-20)17-19-14-4-2-3-5-15(14)23-17/h2-5,8,11,13H,6-7,9-10H2,1H3. The van der Waals surface area contributed by atoms with Crippen LogP contribution < -0.4 is 0 Å². The third-order valence-electron chi connectivity index (χ3n) is 4.50. The molecule has 0 spiro atoms. The number of benzene rings is 1. The van der Waals surface area contributed by atoms with Gasteiger partial charge in [0.05, 0.1) is 20.1 Å². The van der Waals surface area contributed by atoms with Crippen LogP contribution in [0, 0.1) is 6.92 Å². The van der Waals surface area contributed by atoms with Crippen molar-refractivity contribution in [1.82, 2.24) is 9.88 Å². The minimum Gasteiger partial charge on any atom is -0.338 e. The van der Waals surface area contributed by atoms with Gasteiger partial charge in [0.15, 0.2) is 0 Å². The number of carbonyl (C=O) groups excluding carboxylic acids is 1. The molecule has 1 amide bonds. The van der Waals surface area contributed by atoms with E-state index >= 15 is 0 Å². The number of para-hydroxylation sites is 1. The topological polar surface area (TPSA) is 33.2 Å². The van der Waals surface area contributed by atoms with Gasteiger partial charge in [0, 0.05) is 19.0 Å². The van der Waals surface area contributed by atoms with Crippen LogP contribution in [0.25, 0.3) is 10.2 Å². The van der Waals surface area contributed by atoms with Crippen molar-refractivity contribution in [2.24, 2.45) is 0 Å². The zero-order valence-electron chi connectivity index (χ0n) is 13.0. The monoisotopic (exact) mass is 342 g/mol. The van der Waals surface area contributed by atoms with Gasteiger partial charge in [0.2, 0.25) is 0 Å². The molecule has 1 aliphatic heterocycles. The molecule has 0 aliphatic carbocycles. The number of likely N-dealkylation sites (tertiary alicyclic amines) is 1. The number of hydrogen-bond acceptors (Lipinski definition) is 4. The first kappa shape index (κ1) is 14.8. The van der Waals surface area contributed by atoms with Crippen molar-refractivity contribution in [1.29, 1.82) is 0 Å². The molecule has 0 radical (unpaired) electrons. The molecule has 0 bridgehead atoms. The summed E-state index contributed by atoms with van der Waals surface area (Å²) in [5.74, 6) is 0.682. The molecule has 1 aromatic carbocycles. The fraction of sp³-hybridized carbons (Fsp3) is 0.333. The van der Waals surface area contributed by atoms with Crippen LogP contribution in [0.5, 0.6) is 0 Å². The largest absolute Gasteiger partial charge is 0.338 e. The quantitative estimate of drug-likeness (QED) is 0.677. The van der Waals surface area contributed by atoms with Crippen molar-refractivity contribution in [3.63, 3.8) is 0 Å². The molecule has 2 aromatic heterocycles. The van der Waals surface area contributed by atoms with E-state index in [0.717, 1.165) is 41.9 Å². The Labute approximate surface area is 143 Å². The molecular formula is C18H18N2OS2. The van der Waals surface area contributed by atoms with E-state index in [0.29, 0.717) is 5.92 Å². The number of nitrogens with zero attached hydrogens (tertiary/aromatic N) is 2. The second-order valence-corrected chi connectivity index (χ2v) is 8.00. The lowest BCUT2D eigenvalue weighted by Crippen LogP contribution is -2.37. The van der Waals surface area contributed by atoms with Crippen molar-refractivity contribution in [3.05, 3.63) is 51.2 Å². The number of piperidine rings is 1. The van der Waals surface area contributed by atoms with Crippen molar-refractivity contribution < 1.29 is 4.79 Å². The van der Waals surface area contributed by atoms with Crippen molar-refractivity contribution in [2.75, 3.05) is 13.1 Å². The van der Waals surface area contributed by atoms with Crippen LogP contribution in [0.4, 0.5) is 0 Å². The van der Waals surface area contributed by atoms with Crippen LogP contribution in [-0.4, -0.2) is 28.9 Å². The van der Waals surface area contributed by atoms with E-state index in [1.54, 1.807) is 22.7 Å². The highest BCUT2D eigenvalue weighted by molar-refractivity contribution is 7.18. The molecule has 3 heterocycles. The van der Waals surface area contributed by atoms with Crippen LogP contribution >= 0.6 is 22.7 Å². The van der Waals surface area contributed by atoms with Crippen molar-refractivity contribution >= 4 is 38.8 Å². The minimum absolute atomic E-state index is 0.195. The Morgan fingerprint density at radius 1 is 1.22 bits per heavy atom. The van der Waals surface area contributed by atoms with Gasteiger partial charge in [0.1, 0.15) is 0 Å². The summed E-state index contributed by atoms with van der Waals surface area (Å²) in [6.07, 6.45) is 2.02. The molecule has 5 heteroatoms. The molecule has 118 valence electrons. The Bertz CT molecular complexity index is 810. The van der Waals surface area contributed by atoms with Crippen LogP contribution in [0.15, 0.2) is 35.7 Å². The van der Waals surface area contributed by atoms with Crippen LogP contribution in [0.3, 0.4) is 0 Å². The number of fused-ring (bicyclic) bond motifs is 1. The highest BCUT2D eigenvalue weighted by Gasteiger charge is 2.27. The number of aromatic nitrogens is 1. The van der Waals surface area contributed by atoms with Gasteiger partial charge in [-0.05, 0) is 48.9 Å². The highest BCUT2D eigenvalue weighted by atomic mass is 32.1. The first-order chi connectivity index (χ1) is 11.2. The average molecular weight is 342 g/mol. The van der Waals surface area contributed by atoms with Crippen molar-refractivity contribution in [2.45, 2.75) is 25.7 Å². The smallest absolute Gasteiger partial charge is 0.264 e. The van der Waals surface area contributed by atoms with Crippen LogP contribution in [0.1, 0.15) is 39.0 Å². The SMILES string of the molecule is Cc1ccsc1C(=O)N1CCC(c2nc3ccccc3s2)CC1. The fourth-order valence-corrected chi connectivity index (χ4v) is 5.16. The number of amides is 1. The minimum atomic E-state index is 0.195. The number of rotatable bonds is 2. The summed E-state index contributed by atoms with van der Waals surface area (Å²) in [4.78, 5) is 20.3. The van der Waals surface area contributed by atoms with Gasteiger partial charge >= 0.3 is 0 Å². The maximum Gasteiger partial charge on any atom is 0.264 e. The molecule has 23 heavy (non-hydrogen) atoms. The van der Waals surface area contributed by atoms with E-state index in [9.17, 15) is 4.79 Å². The summed E-state index contributed by atoms with van der Waals surface area (Å²) >= 11 is 3.35. The van der Waals surface area contributed by atoms with E-state index in [-0.39, 0.29) is 5.91 Å². The second-order valence-electron chi connectivity index (χ2n) is 6.02. The second kappa shape index (κ2) is 6.06. The Morgan fingerprint density at radius 2 is 2.00 bits per heavy atom. The molecule has 0 unspecified atom stereocenters. The third-order valence-corrected chi connectivity index (χ3v) is 6.70. The van der Waals surface area contributed by atoms with Crippen LogP contribution in [0.2, 0.25) is 0 Å². The molecule has 0 atom stereocenters. The van der Waals surface area contributed by atoms with Gasteiger partial charge < -0.3 is 4.90 Å². The summed E-state index contributed by atoms with van der Waals surface area (Å²) in [5.41, 5.74) is 2.19. The number of thiophene rings is 1. The summed E-state index contributed by atoms with van der Waals surface area (Å²) in [6, 6.07) is 10.3. The number of aryl methyl sites for hydroxylation is 1. The van der Waals surface area contributed by atoms with E-state index in [4.69, 9.17) is 4.98 Å². The average Bonchev–Trinajstić information content (AvgIpc) is 3.20. The lowest BCUT2D eigenvalue weighted by Gasteiger charge is -2.31. The predicted octanol–water partition coefficient (Wildman–Crippen LogP) is 4.69. The zero-order chi connectivity index (χ0) is 15.8. The Morgan fingerprint density at radius 3 is 2.70 bits per heavy atom. The Kier molecular flexibility index (Phi) is 3.91. The van der Waals surface area contributed by atoms with Gasteiger partial charge in [-0.3, -0.25) is 4.79 Å². The number of carbonyl (C=O) groups is 1. The number of hydrogen-bond donors (Lipinski definition) is 0. The number of thiazole rings is 1. The molecule has 0 N–H and O–H groups in total. The molecule has 4 rings (SSSR count).